The summed E-state index contributed by atoms with van der Waals surface area (Å²) < 4.78 is 5.71. The molecule has 0 atom stereocenters. The fourth-order valence-electron chi connectivity index (χ4n) is 2.18. The largest absolute Gasteiger partial charge is 0.372 e. The number of nitrogens with one attached hydrogen (secondary N) is 1. The predicted octanol–water partition coefficient (Wildman–Crippen LogP) is 4.13. The van der Waals surface area contributed by atoms with Gasteiger partial charge in [0.15, 0.2) is 5.82 Å². The van der Waals surface area contributed by atoms with Crippen molar-refractivity contribution in [1.29, 1.82) is 0 Å². The first kappa shape index (κ1) is 14.4. The molecule has 0 saturated carbocycles. The Kier molecular flexibility index (Phi) is 4.19. The molecule has 0 bridgehead atoms. The highest BCUT2D eigenvalue weighted by Crippen LogP contribution is 2.33. The summed E-state index contributed by atoms with van der Waals surface area (Å²) in [5.74, 6) is 1.61. The second-order valence-corrected chi connectivity index (χ2v) is 7.01. The quantitative estimate of drug-likeness (QED) is 0.768. The Morgan fingerprint density at radius 2 is 2.10 bits per heavy atom. The number of nitrogens with zero attached hydrogens (tertiary/aromatic N) is 2. The number of fused-ring (bicyclic) bond motifs is 1. The van der Waals surface area contributed by atoms with E-state index in [1.165, 1.54) is 15.3 Å². The molecule has 3 aromatic heterocycles. The Morgan fingerprint density at radius 1 is 1.24 bits per heavy atom. The molecule has 21 heavy (non-hydrogen) atoms. The Hall–Kier alpha value is -1.50. The molecule has 0 aromatic carbocycles. The second-order valence-electron chi connectivity index (χ2n) is 4.77. The van der Waals surface area contributed by atoms with Crippen LogP contribution in [0.25, 0.3) is 10.2 Å². The third kappa shape index (κ3) is 2.92. The Morgan fingerprint density at radius 3 is 2.81 bits per heavy atom. The van der Waals surface area contributed by atoms with E-state index in [-0.39, 0.29) is 0 Å². The molecule has 1 N–H and O–H groups in total. The number of aromatic nitrogens is 2. The molecule has 110 valence electrons. The van der Waals surface area contributed by atoms with E-state index in [0.717, 1.165) is 21.9 Å². The van der Waals surface area contributed by atoms with Crippen molar-refractivity contribution < 1.29 is 4.74 Å². The number of thiophene rings is 2. The summed E-state index contributed by atoms with van der Waals surface area (Å²) >= 11 is 3.41. The van der Waals surface area contributed by atoms with Crippen molar-refractivity contribution in [2.45, 2.75) is 27.1 Å². The van der Waals surface area contributed by atoms with Crippen LogP contribution in [0.4, 0.5) is 5.82 Å². The van der Waals surface area contributed by atoms with Crippen LogP contribution in [0.3, 0.4) is 0 Å². The van der Waals surface area contributed by atoms with Crippen molar-refractivity contribution in [2.75, 3.05) is 12.4 Å². The summed E-state index contributed by atoms with van der Waals surface area (Å²) in [6.07, 6.45) is 0. The van der Waals surface area contributed by atoms with Gasteiger partial charge in [0.25, 0.3) is 0 Å². The lowest BCUT2D eigenvalue weighted by molar-refractivity contribution is 0.104. The smallest absolute Gasteiger partial charge is 0.158 e. The van der Waals surface area contributed by atoms with E-state index in [2.05, 4.69) is 40.6 Å². The molecule has 6 heteroatoms. The lowest BCUT2D eigenvalue weighted by Gasteiger charge is -2.06. The van der Waals surface area contributed by atoms with Gasteiger partial charge in [-0.25, -0.2) is 9.97 Å². The average Bonchev–Trinajstić information content (AvgIpc) is 3.08. The van der Waals surface area contributed by atoms with Gasteiger partial charge < -0.3 is 10.1 Å². The number of anilines is 1. The molecule has 0 spiro atoms. The maximum absolute atomic E-state index is 5.71. The SMILES string of the molecule is CNc1nc(COCc2cccs2)nc2sc(C)c(C)c12. The first-order valence-electron chi connectivity index (χ1n) is 6.73. The van der Waals surface area contributed by atoms with Gasteiger partial charge in [-0.1, -0.05) is 6.07 Å². The van der Waals surface area contributed by atoms with Crippen LogP contribution < -0.4 is 5.32 Å². The molecular weight excluding hydrogens is 302 g/mol. The van der Waals surface area contributed by atoms with Crippen LogP contribution >= 0.6 is 22.7 Å². The summed E-state index contributed by atoms with van der Waals surface area (Å²) in [6.45, 7) is 5.27. The zero-order valence-electron chi connectivity index (χ0n) is 12.3. The lowest BCUT2D eigenvalue weighted by atomic mass is 10.2. The van der Waals surface area contributed by atoms with Crippen LogP contribution in [0.5, 0.6) is 0 Å². The van der Waals surface area contributed by atoms with Gasteiger partial charge in [-0.2, -0.15) is 0 Å². The minimum Gasteiger partial charge on any atom is -0.372 e. The Labute approximate surface area is 131 Å². The fourth-order valence-corrected chi connectivity index (χ4v) is 3.87. The fraction of sp³-hybridized carbons (Fsp3) is 0.333. The molecule has 0 unspecified atom stereocenters. The van der Waals surface area contributed by atoms with Gasteiger partial charge in [0.1, 0.15) is 17.3 Å². The predicted molar refractivity (Wildman–Crippen MR) is 89.2 cm³/mol. The summed E-state index contributed by atoms with van der Waals surface area (Å²) in [6, 6.07) is 4.10. The number of hydrogen-bond acceptors (Lipinski definition) is 6. The molecule has 0 fully saturated rings. The van der Waals surface area contributed by atoms with Crippen LogP contribution in [0, 0.1) is 13.8 Å². The molecule has 0 aliphatic carbocycles. The maximum Gasteiger partial charge on any atom is 0.158 e. The Bertz CT molecular complexity index is 750. The van der Waals surface area contributed by atoms with Crippen molar-refractivity contribution >= 4 is 38.7 Å². The van der Waals surface area contributed by atoms with Gasteiger partial charge in [-0.3, -0.25) is 0 Å². The highest BCUT2D eigenvalue weighted by atomic mass is 32.1. The number of ether oxygens (including phenoxy) is 1. The van der Waals surface area contributed by atoms with Gasteiger partial charge in [0.05, 0.1) is 12.0 Å². The lowest BCUT2D eigenvalue weighted by Crippen LogP contribution is -2.03. The van der Waals surface area contributed by atoms with Gasteiger partial charge >= 0.3 is 0 Å². The molecule has 3 rings (SSSR count). The maximum atomic E-state index is 5.71. The van der Waals surface area contributed by atoms with E-state index in [4.69, 9.17) is 4.74 Å². The van der Waals surface area contributed by atoms with Crippen LogP contribution in [-0.4, -0.2) is 17.0 Å². The van der Waals surface area contributed by atoms with Crippen LogP contribution in [0.1, 0.15) is 21.1 Å². The zero-order chi connectivity index (χ0) is 14.8. The van der Waals surface area contributed by atoms with E-state index in [9.17, 15) is 0 Å². The highest BCUT2D eigenvalue weighted by molar-refractivity contribution is 7.18. The molecule has 3 heterocycles. The highest BCUT2D eigenvalue weighted by Gasteiger charge is 2.13. The van der Waals surface area contributed by atoms with Gasteiger partial charge in [-0.15, -0.1) is 22.7 Å². The molecule has 0 aliphatic rings. The summed E-state index contributed by atoms with van der Waals surface area (Å²) in [5, 5.41) is 6.35. The summed E-state index contributed by atoms with van der Waals surface area (Å²) in [7, 11) is 1.89. The van der Waals surface area contributed by atoms with Crippen LogP contribution in [-0.2, 0) is 18.0 Å². The van der Waals surface area contributed by atoms with E-state index in [1.807, 2.05) is 13.1 Å². The third-order valence-corrected chi connectivity index (χ3v) is 5.32. The van der Waals surface area contributed by atoms with E-state index in [0.29, 0.717) is 13.2 Å². The molecule has 0 amide bonds. The standard InChI is InChI=1S/C15H17N3OS2/c1-9-10(2)21-15-13(9)14(16-3)17-12(18-15)8-19-7-11-5-4-6-20-11/h4-6H,7-8H2,1-3H3,(H,16,17,18). The normalized spacial score (nSPS) is 11.2. The number of aryl methyl sites for hydroxylation is 2. The van der Waals surface area contributed by atoms with Crippen molar-refractivity contribution in [2.24, 2.45) is 0 Å². The van der Waals surface area contributed by atoms with Gasteiger partial charge in [-0.05, 0) is 30.9 Å². The van der Waals surface area contributed by atoms with E-state index in [1.54, 1.807) is 22.7 Å². The van der Waals surface area contributed by atoms with Crippen molar-refractivity contribution in [1.82, 2.24) is 9.97 Å². The molecular formula is C15H17N3OS2. The molecule has 4 nitrogen and oxygen atoms in total. The second kappa shape index (κ2) is 6.09. The summed E-state index contributed by atoms with van der Waals surface area (Å²) in [4.78, 5) is 12.7. The van der Waals surface area contributed by atoms with Gasteiger partial charge in [0, 0.05) is 16.8 Å². The molecule has 0 radical (unpaired) electrons. The van der Waals surface area contributed by atoms with E-state index < -0.39 is 0 Å². The minimum atomic E-state index is 0.429. The van der Waals surface area contributed by atoms with Crippen molar-refractivity contribution in [3.8, 4) is 0 Å². The third-order valence-electron chi connectivity index (χ3n) is 3.37. The molecule has 0 saturated heterocycles. The molecule has 0 aliphatic heterocycles. The zero-order valence-corrected chi connectivity index (χ0v) is 13.9. The van der Waals surface area contributed by atoms with Crippen molar-refractivity contribution in [3.05, 3.63) is 38.7 Å². The first-order valence-corrected chi connectivity index (χ1v) is 8.43. The average molecular weight is 319 g/mol. The van der Waals surface area contributed by atoms with Crippen LogP contribution in [0.15, 0.2) is 17.5 Å². The summed E-state index contributed by atoms with van der Waals surface area (Å²) in [5.41, 5.74) is 1.26. The number of rotatable bonds is 5. The molecule has 3 aromatic rings. The van der Waals surface area contributed by atoms with Crippen LogP contribution in [0.2, 0.25) is 0 Å². The van der Waals surface area contributed by atoms with Gasteiger partial charge in [0.2, 0.25) is 0 Å². The first-order chi connectivity index (χ1) is 10.2. The minimum absolute atomic E-state index is 0.429. The van der Waals surface area contributed by atoms with E-state index >= 15 is 0 Å². The van der Waals surface area contributed by atoms with Crippen molar-refractivity contribution in [3.63, 3.8) is 0 Å². The number of hydrogen-bond donors (Lipinski definition) is 1. The topological polar surface area (TPSA) is 47.0 Å². The Balaban J connectivity index is 1.82. The monoisotopic (exact) mass is 319 g/mol.